The molecule has 1 rings (SSSR count). The average molecular weight is 252 g/mol. The minimum Gasteiger partial charge on any atom is -0.460 e. The quantitative estimate of drug-likeness (QED) is 0.774. The van der Waals surface area contributed by atoms with Crippen LogP contribution in [0.25, 0.3) is 0 Å². The Balaban J connectivity index is 2.62. The number of aryl methyl sites for hydroxylation is 2. The third-order valence-electron chi connectivity index (χ3n) is 2.83. The molecule has 0 unspecified atom stereocenters. The van der Waals surface area contributed by atoms with Crippen molar-refractivity contribution in [2.45, 2.75) is 66.5 Å². The van der Waals surface area contributed by atoms with Crippen LogP contribution in [0.3, 0.4) is 0 Å². The normalized spacial score (nSPS) is 11.7. The molecule has 4 nitrogen and oxygen atoms in total. The molecule has 0 saturated heterocycles. The summed E-state index contributed by atoms with van der Waals surface area (Å²) in [6.07, 6.45) is 1.34. The molecule has 1 heterocycles. The Morgan fingerprint density at radius 1 is 1.33 bits per heavy atom. The highest BCUT2D eigenvalue weighted by atomic mass is 16.6. The van der Waals surface area contributed by atoms with Crippen LogP contribution >= 0.6 is 0 Å². The highest BCUT2D eigenvalue weighted by Crippen LogP contribution is 2.14. The molecule has 0 aromatic carbocycles. The monoisotopic (exact) mass is 252 g/mol. The first-order valence-corrected chi connectivity index (χ1v) is 6.49. The van der Waals surface area contributed by atoms with Gasteiger partial charge < -0.3 is 4.74 Å². The van der Waals surface area contributed by atoms with E-state index in [9.17, 15) is 4.79 Å². The van der Waals surface area contributed by atoms with Crippen molar-refractivity contribution in [3.8, 4) is 0 Å². The largest absolute Gasteiger partial charge is 0.460 e. The molecular weight excluding hydrogens is 228 g/mol. The molecule has 0 atom stereocenters. The molecule has 0 aliphatic rings. The fourth-order valence-electron chi connectivity index (χ4n) is 2.05. The number of aromatic nitrogens is 2. The van der Waals surface area contributed by atoms with Crippen molar-refractivity contribution in [3.63, 3.8) is 0 Å². The molecule has 1 aromatic rings. The number of rotatable bonds is 4. The van der Waals surface area contributed by atoms with Gasteiger partial charge in [-0.15, -0.1) is 0 Å². The molecule has 0 aliphatic heterocycles. The van der Waals surface area contributed by atoms with Crippen molar-refractivity contribution in [2.24, 2.45) is 0 Å². The van der Waals surface area contributed by atoms with Gasteiger partial charge in [0, 0.05) is 5.69 Å². The van der Waals surface area contributed by atoms with Gasteiger partial charge in [0.15, 0.2) is 0 Å². The number of esters is 1. The molecule has 18 heavy (non-hydrogen) atoms. The van der Waals surface area contributed by atoms with Gasteiger partial charge in [-0.05, 0) is 46.6 Å². The first-order valence-electron chi connectivity index (χ1n) is 6.49. The molecule has 4 heteroatoms. The van der Waals surface area contributed by atoms with E-state index in [0.717, 1.165) is 17.8 Å². The molecule has 0 fully saturated rings. The average Bonchev–Trinajstić information content (AvgIpc) is 2.48. The second-order valence-electron chi connectivity index (χ2n) is 5.56. The van der Waals surface area contributed by atoms with Gasteiger partial charge in [0.05, 0.1) is 18.7 Å². The number of hydrogen-bond acceptors (Lipinski definition) is 3. The molecule has 0 radical (unpaired) electrons. The van der Waals surface area contributed by atoms with Gasteiger partial charge in [0.1, 0.15) is 5.60 Å². The summed E-state index contributed by atoms with van der Waals surface area (Å²) in [5.74, 6) is -0.173. The molecule has 0 saturated carbocycles. The Morgan fingerprint density at radius 2 is 1.94 bits per heavy atom. The van der Waals surface area contributed by atoms with E-state index in [1.807, 2.05) is 39.3 Å². The third kappa shape index (κ3) is 3.86. The first kappa shape index (κ1) is 14.7. The molecule has 0 N–H and O–H groups in total. The Bertz CT molecular complexity index is 428. The summed E-state index contributed by atoms with van der Waals surface area (Å²) in [5, 5.41) is 4.46. The smallest absolute Gasteiger partial charge is 0.308 e. The zero-order valence-electron chi connectivity index (χ0n) is 12.3. The lowest BCUT2D eigenvalue weighted by Gasteiger charge is -2.19. The van der Waals surface area contributed by atoms with E-state index in [1.165, 1.54) is 5.56 Å². The van der Waals surface area contributed by atoms with Crippen LogP contribution in [0.15, 0.2) is 0 Å². The third-order valence-corrected chi connectivity index (χ3v) is 2.83. The summed E-state index contributed by atoms with van der Waals surface area (Å²) >= 11 is 0. The van der Waals surface area contributed by atoms with Gasteiger partial charge in [-0.1, -0.05) is 6.92 Å². The predicted octanol–water partition coefficient (Wildman–Crippen LogP) is 2.79. The fraction of sp³-hybridized carbons (Fsp3) is 0.714. The number of ether oxygens (including phenoxy) is 1. The SMILES string of the molecule is CCc1c(C)nn(CCC(=O)OC(C)(C)C)c1C. The second kappa shape index (κ2) is 5.55. The van der Waals surface area contributed by atoms with Gasteiger partial charge in [0.2, 0.25) is 0 Å². The topological polar surface area (TPSA) is 44.1 Å². The summed E-state index contributed by atoms with van der Waals surface area (Å²) in [7, 11) is 0. The Kier molecular flexibility index (Phi) is 4.54. The molecular formula is C14H24N2O2. The van der Waals surface area contributed by atoms with Gasteiger partial charge >= 0.3 is 5.97 Å². The highest BCUT2D eigenvalue weighted by Gasteiger charge is 2.17. The van der Waals surface area contributed by atoms with Crippen molar-refractivity contribution in [1.82, 2.24) is 9.78 Å². The van der Waals surface area contributed by atoms with Crippen LogP contribution in [0, 0.1) is 13.8 Å². The fourth-order valence-corrected chi connectivity index (χ4v) is 2.05. The van der Waals surface area contributed by atoms with Crippen molar-refractivity contribution in [1.29, 1.82) is 0 Å². The van der Waals surface area contributed by atoms with Gasteiger partial charge in [-0.25, -0.2) is 0 Å². The Morgan fingerprint density at radius 3 is 2.39 bits per heavy atom. The van der Waals surface area contributed by atoms with Crippen LogP contribution in [0.2, 0.25) is 0 Å². The Hall–Kier alpha value is -1.32. The molecule has 0 amide bonds. The van der Waals surface area contributed by atoms with E-state index < -0.39 is 5.60 Å². The summed E-state index contributed by atoms with van der Waals surface area (Å²) in [4.78, 5) is 11.6. The number of hydrogen-bond donors (Lipinski definition) is 0. The molecule has 102 valence electrons. The highest BCUT2D eigenvalue weighted by molar-refractivity contribution is 5.69. The van der Waals surface area contributed by atoms with Crippen molar-refractivity contribution in [3.05, 3.63) is 17.0 Å². The summed E-state index contributed by atoms with van der Waals surface area (Å²) in [6, 6.07) is 0. The van der Waals surface area contributed by atoms with E-state index >= 15 is 0 Å². The zero-order valence-corrected chi connectivity index (χ0v) is 12.3. The van der Waals surface area contributed by atoms with E-state index in [2.05, 4.69) is 12.0 Å². The lowest BCUT2D eigenvalue weighted by molar-refractivity contribution is -0.155. The minimum atomic E-state index is -0.416. The lowest BCUT2D eigenvalue weighted by atomic mass is 10.1. The number of carbonyl (C=O) groups is 1. The maximum atomic E-state index is 11.6. The molecule has 0 aliphatic carbocycles. The van der Waals surface area contributed by atoms with Gasteiger partial charge in [-0.3, -0.25) is 9.48 Å². The zero-order chi connectivity index (χ0) is 13.9. The maximum Gasteiger partial charge on any atom is 0.308 e. The summed E-state index contributed by atoms with van der Waals surface area (Å²) in [6.45, 7) is 12.4. The first-order chi connectivity index (χ1) is 8.24. The molecule has 1 aromatic heterocycles. The predicted molar refractivity (Wildman–Crippen MR) is 71.5 cm³/mol. The van der Waals surface area contributed by atoms with Crippen LogP contribution in [-0.4, -0.2) is 21.4 Å². The van der Waals surface area contributed by atoms with E-state index in [-0.39, 0.29) is 5.97 Å². The number of nitrogens with zero attached hydrogens (tertiary/aromatic N) is 2. The van der Waals surface area contributed by atoms with Crippen molar-refractivity contribution < 1.29 is 9.53 Å². The minimum absolute atomic E-state index is 0.173. The van der Waals surface area contributed by atoms with Crippen LogP contribution in [0.4, 0.5) is 0 Å². The summed E-state index contributed by atoms with van der Waals surface area (Å²) < 4.78 is 7.18. The van der Waals surface area contributed by atoms with Crippen molar-refractivity contribution >= 4 is 5.97 Å². The van der Waals surface area contributed by atoms with Crippen LogP contribution in [0.5, 0.6) is 0 Å². The van der Waals surface area contributed by atoms with Crippen LogP contribution in [0.1, 0.15) is 51.1 Å². The van der Waals surface area contributed by atoms with Crippen LogP contribution < -0.4 is 0 Å². The molecule has 0 spiro atoms. The van der Waals surface area contributed by atoms with Crippen molar-refractivity contribution in [2.75, 3.05) is 0 Å². The second-order valence-corrected chi connectivity index (χ2v) is 5.56. The number of carbonyl (C=O) groups excluding carboxylic acids is 1. The van der Waals surface area contributed by atoms with Gasteiger partial charge in [-0.2, -0.15) is 5.10 Å². The van der Waals surface area contributed by atoms with Crippen LogP contribution in [-0.2, 0) is 22.5 Å². The standard InChI is InChI=1S/C14H24N2O2/c1-7-12-10(2)15-16(11(12)3)9-8-13(17)18-14(4,5)6/h7-9H2,1-6H3. The molecule has 0 bridgehead atoms. The Labute approximate surface area is 109 Å². The maximum absolute atomic E-state index is 11.6. The van der Waals surface area contributed by atoms with E-state index in [4.69, 9.17) is 4.74 Å². The van der Waals surface area contributed by atoms with Gasteiger partial charge in [0.25, 0.3) is 0 Å². The summed E-state index contributed by atoms with van der Waals surface area (Å²) in [5.41, 5.74) is 3.07. The van der Waals surface area contributed by atoms with E-state index in [1.54, 1.807) is 0 Å². The van der Waals surface area contributed by atoms with E-state index in [0.29, 0.717) is 13.0 Å². The lowest BCUT2D eigenvalue weighted by Crippen LogP contribution is -2.24.